The number of nitrogens with zero attached hydrogens (tertiary/aromatic N) is 3. The van der Waals surface area contributed by atoms with Crippen molar-refractivity contribution < 1.29 is 19.3 Å². The van der Waals surface area contributed by atoms with Crippen molar-refractivity contribution in [2.45, 2.75) is 32.1 Å². The Morgan fingerprint density at radius 3 is 1.98 bits per heavy atom. The molecule has 1 aliphatic heterocycles. The third-order valence-corrected chi connectivity index (χ3v) is 8.96. The molecule has 0 saturated carbocycles. The number of carbonyl (C=O) groups excluding carboxylic acids is 3. The van der Waals surface area contributed by atoms with Crippen molar-refractivity contribution in [3.8, 4) is 11.3 Å². The van der Waals surface area contributed by atoms with Gasteiger partial charge in [0.05, 0.1) is 18.8 Å². The summed E-state index contributed by atoms with van der Waals surface area (Å²) in [5.41, 5.74) is 4.26. The molecule has 1 unspecified atom stereocenters. The third kappa shape index (κ3) is 8.39. The molecule has 1 aliphatic rings. The summed E-state index contributed by atoms with van der Waals surface area (Å²) in [6.07, 6.45) is 1.72. The molecule has 228 valence electrons. The molecule has 4 amide bonds. The average molecular weight is 611 g/mol. The summed E-state index contributed by atoms with van der Waals surface area (Å²) in [6.45, 7) is 4.94. The van der Waals surface area contributed by atoms with Crippen LogP contribution in [0.3, 0.4) is 0 Å². The molecule has 0 bridgehead atoms. The first-order chi connectivity index (χ1) is 21.5. The average Bonchev–Trinajstić information content (AvgIpc) is 3.53. The highest BCUT2D eigenvalue weighted by molar-refractivity contribution is 7.14. The number of amides is 4. The fraction of sp³-hybridized carbons (Fsp3) is 0.314. The number of benzene rings is 3. The number of hydrogen-bond acceptors (Lipinski definition) is 5. The molecule has 4 aromatic rings. The molecule has 8 nitrogen and oxygen atoms in total. The normalized spacial score (nSPS) is 14.0. The minimum atomic E-state index is -0.138. The molecule has 44 heavy (non-hydrogen) atoms. The predicted molar refractivity (Wildman–Crippen MR) is 175 cm³/mol. The largest absolute Gasteiger partial charge is 0.421 e. The van der Waals surface area contributed by atoms with Gasteiger partial charge in [0, 0.05) is 69.2 Å². The van der Waals surface area contributed by atoms with Crippen molar-refractivity contribution in [3.05, 3.63) is 108 Å². The zero-order valence-corrected chi connectivity index (χ0v) is 26.0. The summed E-state index contributed by atoms with van der Waals surface area (Å²) in [6, 6.07) is 30.6. The van der Waals surface area contributed by atoms with Gasteiger partial charge in [0.1, 0.15) is 0 Å². The van der Waals surface area contributed by atoms with E-state index in [1.54, 1.807) is 11.8 Å². The van der Waals surface area contributed by atoms with Gasteiger partial charge in [0.2, 0.25) is 11.8 Å². The molecule has 0 radical (unpaired) electrons. The minimum absolute atomic E-state index is 0.0442. The molecule has 2 heterocycles. The van der Waals surface area contributed by atoms with E-state index >= 15 is 0 Å². The smallest absolute Gasteiger partial charge is 0.339 e. The Kier molecular flexibility index (Phi) is 10.9. The van der Waals surface area contributed by atoms with Gasteiger partial charge in [-0.15, -0.1) is 11.3 Å². The quantitative estimate of drug-likeness (QED) is 0.253. The summed E-state index contributed by atoms with van der Waals surface area (Å²) in [5.74, 6) is 0.263. The zero-order chi connectivity index (χ0) is 30.7. The van der Waals surface area contributed by atoms with Crippen LogP contribution in [0.15, 0.2) is 96.4 Å². The Hall–Kier alpha value is -4.34. The van der Waals surface area contributed by atoms with Gasteiger partial charge in [-0.1, -0.05) is 91.0 Å². The number of piperazine rings is 1. The first-order valence-electron chi connectivity index (χ1n) is 15.3. The highest BCUT2D eigenvalue weighted by atomic mass is 32.1. The molecule has 1 atom stereocenters. The predicted octanol–water partition coefficient (Wildman–Crippen LogP) is 4.92. The van der Waals surface area contributed by atoms with Crippen LogP contribution in [0.4, 0.5) is 9.93 Å². The van der Waals surface area contributed by atoms with Crippen LogP contribution < -0.4 is 10.2 Å². The molecule has 1 aromatic heterocycles. The number of aromatic nitrogens is 1. The Morgan fingerprint density at radius 2 is 1.39 bits per heavy atom. The van der Waals surface area contributed by atoms with Gasteiger partial charge >= 0.3 is 6.03 Å². The molecule has 0 aliphatic carbocycles. The summed E-state index contributed by atoms with van der Waals surface area (Å²) in [5, 5.41) is 5.57. The molecule has 1 fully saturated rings. The van der Waals surface area contributed by atoms with E-state index in [2.05, 4.69) is 58.8 Å². The van der Waals surface area contributed by atoms with E-state index in [0.717, 1.165) is 22.6 Å². The number of anilines is 1. The van der Waals surface area contributed by atoms with Gasteiger partial charge in [-0.2, -0.15) is 0 Å². The van der Waals surface area contributed by atoms with E-state index in [1.165, 1.54) is 22.5 Å². The Balaban J connectivity index is 1.26. The van der Waals surface area contributed by atoms with E-state index in [-0.39, 0.29) is 23.8 Å². The second-order valence-corrected chi connectivity index (χ2v) is 12.0. The third-order valence-electron chi connectivity index (χ3n) is 8.20. The number of quaternary nitrogens is 1. The van der Waals surface area contributed by atoms with Gasteiger partial charge < -0.3 is 9.80 Å². The summed E-state index contributed by atoms with van der Waals surface area (Å²) >= 11 is 1.41. The van der Waals surface area contributed by atoms with Gasteiger partial charge in [0.15, 0.2) is 5.13 Å². The Morgan fingerprint density at radius 1 is 0.818 bits per heavy atom. The van der Waals surface area contributed by atoms with Gasteiger partial charge in [-0.05, 0) is 11.1 Å². The van der Waals surface area contributed by atoms with E-state index in [0.29, 0.717) is 57.2 Å². The van der Waals surface area contributed by atoms with Crippen LogP contribution in [0.2, 0.25) is 0 Å². The van der Waals surface area contributed by atoms with Crippen molar-refractivity contribution >= 4 is 34.3 Å². The van der Waals surface area contributed by atoms with Crippen molar-refractivity contribution in [2.24, 2.45) is 0 Å². The summed E-state index contributed by atoms with van der Waals surface area (Å²) in [7, 11) is 0. The van der Waals surface area contributed by atoms with Crippen LogP contribution in [-0.4, -0.2) is 71.9 Å². The summed E-state index contributed by atoms with van der Waals surface area (Å²) in [4.78, 5) is 47.4. The van der Waals surface area contributed by atoms with E-state index < -0.39 is 0 Å². The van der Waals surface area contributed by atoms with E-state index in [9.17, 15) is 14.4 Å². The molecule has 1 saturated heterocycles. The highest BCUT2D eigenvalue weighted by Crippen LogP contribution is 2.27. The molecule has 3 aromatic carbocycles. The highest BCUT2D eigenvalue weighted by Gasteiger charge is 2.26. The number of hydrogen-bond donors (Lipinski definition) is 2. The second kappa shape index (κ2) is 15.4. The van der Waals surface area contributed by atoms with E-state index in [4.69, 9.17) is 0 Å². The van der Waals surface area contributed by atoms with Crippen LogP contribution in [-0.2, 0) is 9.59 Å². The van der Waals surface area contributed by atoms with Crippen molar-refractivity contribution in [1.29, 1.82) is 0 Å². The van der Waals surface area contributed by atoms with Crippen molar-refractivity contribution in [3.63, 3.8) is 0 Å². The second-order valence-electron chi connectivity index (χ2n) is 11.1. The molecule has 5 rings (SSSR count). The summed E-state index contributed by atoms with van der Waals surface area (Å²) < 4.78 is 0. The number of nitrogens with one attached hydrogen (secondary N) is 2. The SMILES string of the molecule is CC(=O)N1CCN(C(=O)CCC[NH+](CCC(c2ccccc2)c2ccccc2)C(=O)Nc2nc(-c3ccccc3)cs2)CC1. The lowest BCUT2D eigenvalue weighted by atomic mass is 9.88. The topological polar surface area (TPSA) is 87.0 Å². The van der Waals surface area contributed by atoms with Crippen LogP contribution >= 0.6 is 11.3 Å². The van der Waals surface area contributed by atoms with Gasteiger partial charge in [0.25, 0.3) is 0 Å². The first kappa shape index (κ1) is 31.1. The standard InChI is InChI=1S/C35H39N5O3S/c1-27(41)38-22-24-39(25-23-38)33(42)18-11-20-40(35(43)37-34-36-32(26-44-34)30-16-9-4-10-17-30)21-19-31(28-12-5-2-6-13-28)29-14-7-3-8-15-29/h2-10,12-17,26,31H,11,18-25H2,1H3,(H,36,37,43)/p+1. The molecule has 9 heteroatoms. The van der Waals surface area contributed by atoms with Gasteiger partial charge in [-0.25, -0.2) is 9.78 Å². The Labute approximate surface area is 263 Å². The first-order valence-corrected chi connectivity index (χ1v) is 16.2. The fourth-order valence-electron chi connectivity index (χ4n) is 5.71. The number of thiazole rings is 1. The van der Waals surface area contributed by atoms with E-state index in [1.807, 2.05) is 52.7 Å². The monoisotopic (exact) mass is 610 g/mol. The zero-order valence-electron chi connectivity index (χ0n) is 25.2. The lowest BCUT2D eigenvalue weighted by Gasteiger charge is -2.34. The molecule has 2 N–H and O–H groups in total. The Bertz CT molecular complexity index is 1470. The maximum Gasteiger partial charge on any atom is 0.421 e. The number of urea groups is 1. The van der Waals surface area contributed by atoms with Crippen LogP contribution in [0.5, 0.6) is 0 Å². The number of rotatable bonds is 11. The lowest BCUT2D eigenvalue weighted by Crippen LogP contribution is -3.15. The maximum absolute atomic E-state index is 13.7. The fourth-order valence-corrected chi connectivity index (χ4v) is 6.42. The number of carbonyl (C=O) groups is 3. The lowest BCUT2D eigenvalue weighted by molar-refractivity contribution is -0.813. The van der Waals surface area contributed by atoms with Crippen LogP contribution in [0.1, 0.15) is 43.2 Å². The molecular weight excluding hydrogens is 570 g/mol. The minimum Gasteiger partial charge on any atom is -0.339 e. The maximum atomic E-state index is 13.7. The van der Waals surface area contributed by atoms with Crippen molar-refractivity contribution in [2.75, 3.05) is 44.6 Å². The van der Waals surface area contributed by atoms with Crippen molar-refractivity contribution in [1.82, 2.24) is 14.8 Å². The van der Waals surface area contributed by atoms with Gasteiger partial charge in [-0.3, -0.25) is 19.8 Å². The van der Waals surface area contributed by atoms with Crippen LogP contribution in [0.25, 0.3) is 11.3 Å². The molecular formula is C35H40N5O3S+. The molecule has 0 spiro atoms. The van der Waals surface area contributed by atoms with Crippen LogP contribution in [0, 0.1) is 0 Å².